The number of carbonyl (C=O) groups excluding carboxylic acids is 2. The maximum Gasteiger partial charge on any atom is 0.231 e. The Morgan fingerprint density at radius 1 is 1.28 bits per heavy atom. The van der Waals surface area contributed by atoms with E-state index in [1.807, 2.05) is 12.1 Å². The van der Waals surface area contributed by atoms with Gasteiger partial charge in [-0.25, -0.2) is 14.4 Å². The van der Waals surface area contributed by atoms with Crippen molar-refractivity contribution in [2.24, 2.45) is 13.0 Å². The van der Waals surface area contributed by atoms with Gasteiger partial charge in [0.1, 0.15) is 18.3 Å². The number of hydrogen-bond donors (Lipinski definition) is 2. The first kappa shape index (κ1) is 21.4. The molecule has 10 heteroatoms. The Morgan fingerprint density at radius 3 is 2.69 bits per heavy atom. The minimum Gasteiger partial charge on any atom is -0.494 e. The quantitative estimate of drug-likeness (QED) is 0.518. The number of amides is 1. The maximum atomic E-state index is 13.2. The number of ether oxygens (including phenoxy) is 1. The predicted molar refractivity (Wildman–Crippen MR) is 117 cm³/mol. The Hall–Kier alpha value is -3.82. The highest BCUT2D eigenvalue weighted by Gasteiger charge is 2.43. The van der Waals surface area contributed by atoms with Crippen LogP contribution in [0.5, 0.6) is 5.75 Å². The summed E-state index contributed by atoms with van der Waals surface area (Å²) in [6.45, 7) is 1.75. The van der Waals surface area contributed by atoms with Crippen LogP contribution in [0.15, 0.2) is 36.8 Å². The summed E-state index contributed by atoms with van der Waals surface area (Å²) < 4.78 is 20.4. The predicted octanol–water partition coefficient (Wildman–Crippen LogP) is 3.52. The van der Waals surface area contributed by atoms with Gasteiger partial charge in [-0.1, -0.05) is 13.0 Å². The first-order valence-electron chi connectivity index (χ1n) is 10.2. The lowest BCUT2D eigenvalue weighted by Gasteiger charge is -2.16. The van der Waals surface area contributed by atoms with Gasteiger partial charge in [-0.2, -0.15) is 5.10 Å². The van der Waals surface area contributed by atoms with Gasteiger partial charge in [0.05, 0.1) is 35.5 Å². The third kappa shape index (κ3) is 4.29. The SMILES string of the molecule is CCC(=O)c1cnc(NC(=O)[C@@H]2C[C@@H]2F)cc1Nc1cccc(-c2ncn(C)n2)c1OC. The first-order chi connectivity index (χ1) is 15.4. The molecule has 0 aliphatic heterocycles. The standard InChI is InChI=1S/C22H23FN6O3/c1-4-18(30)14-10-24-19(27-22(31)13-8-15(13)23)9-17(14)26-16-7-5-6-12(20(16)32-3)21-25-11-29(2)28-21/h5-7,9-11,13,15H,4,8H2,1-3H3,(H2,24,26,27,31)/t13-,15+/m1/s1. The molecule has 0 saturated heterocycles. The maximum absolute atomic E-state index is 13.2. The number of nitrogens with zero attached hydrogens (tertiary/aromatic N) is 4. The Balaban J connectivity index is 1.70. The van der Waals surface area contributed by atoms with Crippen LogP contribution in [0.2, 0.25) is 0 Å². The second-order valence-electron chi connectivity index (χ2n) is 7.49. The van der Waals surface area contributed by atoms with Gasteiger partial charge < -0.3 is 15.4 Å². The highest BCUT2D eigenvalue weighted by molar-refractivity contribution is 6.03. The van der Waals surface area contributed by atoms with Gasteiger partial charge in [0.2, 0.25) is 5.91 Å². The lowest BCUT2D eigenvalue weighted by Crippen LogP contribution is -2.16. The zero-order valence-corrected chi connectivity index (χ0v) is 17.9. The molecule has 4 rings (SSSR count). The van der Waals surface area contributed by atoms with Crippen LogP contribution in [0.1, 0.15) is 30.1 Å². The summed E-state index contributed by atoms with van der Waals surface area (Å²) >= 11 is 0. The molecule has 2 N–H and O–H groups in total. The van der Waals surface area contributed by atoms with E-state index in [0.29, 0.717) is 34.1 Å². The second-order valence-corrected chi connectivity index (χ2v) is 7.49. The lowest BCUT2D eigenvalue weighted by atomic mass is 10.1. The zero-order valence-electron chi connectivity index (χ0n) is 17.9. The van der Waals surface area contributed by atoms with Crippen LogP contribution in [0.3, 0.4) is 0 Å². The number of aromatic nitrogens is 4. The average Bonchev–Trinajstić information content (AvgIpc) is 3.37. The van der Waals surface area contributed by atoms with E-state index in [2.05, 4.69) is 25.7 Å². The van der Waals surface area contributed by atoms with Crippen molar-refractivity contribution in [3.05, 3.63) is 42.4 Å². The van der Waals surface area contributed by atoms with E-state index in [1.165, 1.54) is 13.3 Å². The Bertz CT molecular complexity index is 1180. The van der Waals surface area contributed by atoms with E-state index in [9.17, 15) is 14.0 Å². The molecule has 2 aromatic heterocycles. The average molecular weight is 438 g/mol. The summed E-state index contributed by atoms with van der Waals surface area (Å²) in [5, 5.41) is 10.2. The van der Waals surface area contributed by atoms with Gasteiger partial charge in [-0.05, 0) is 18.6 Å². The molecule has 0 radical (unpaired) electrons. The fraction of sp³-hybridized carbons (Fsp3) is 0.318. The topological polar surface area (TPSA) is 111 Å². The molecule has 0 bridgehead atoms. The molecule has 1 aromatic carbocycles. The molecule has 2 atom stereocenters. The lowest BCUT2D eigenvalue weighted by molar-refractivity contribution is -0.117. The van der Waals surface area contributed by atoms with E-state index in [-0.39, 0.29) is 24.4 Å². The summed E-state index contributed by atoms with van der Waals surface area (Å²) in [6.07, 6.45) is 2.38. The third-order valence-corrected chi connectivity index (χ3v) is 5.16. The number of para-hydroxylation sites is 1. The summed E-state index contributed by atoms with van der Waals surface area (Å²) in [7, 11) is 3.31. The minimum atomic E-state index is -1.11. The molecule has 0 spiro atoms. The van der Waals surface area contributed by atoms with Crippen molar-refractivity contribution in [1.82, 2.24) is 19.7 Å². The van der Waals surface area contributed by atoms with Crippen molar-refractivity contribution in [2.45, 2.75) is 25.9 Å². The van der Waals surface area contributed by atoms with Gasteiger partial charge in [0.15, 0.2) is 17.4 Å². The van der Waals surface area contributed by atoms with E-state index in [0.717, 1.165) is 0 Å². The number of Topliss-reactive ketones (excluding diaryl/α,β-unsaturated/α-hetero) is 1. The number of alkyl halides is 1. The van der Waals surface area contributed by atoms with Crippen molar-refractivity contribution in [1.29, 1.82) is 0 Å². The Labute approximate surface area is 184 Å². The number of benzene rings is 1. The minimum absolute atomic E-state index is 0.120. The molecule has 3 aromatic rings. The number of anilines is 3. The number of hydrogen-bond acceptors (Lipinski definition) is 7. The van der Waals surface area contributed by atoms with Crippen LogP contribution in [-0.4, -0.2) is 44.7 Å². The molecule has 166 valence electrons. The largest absolute Gasteiger partial charge is 0.494 e. The smallest absolute Gasteiger partial charge is 0.231 e. The number of aryl methyl sites for hydroxylation is 1. The van der Waals surface area contributed by atoms with Crippen molar-refractivity contribution in [3.63, 3.8) is 0 Å². The van der Waals surface area contributed by atoms with E-state index < -0.39 is 18.0 Å². The molecule has 1 saturated carbocycles. The van der Waals surface area contributed by atoms with Crippen molar-refractivity contribution < 1.29 is 18.7 Å². The monoisotopic (exact) mass is 438 g/mol. The number of ketones is 1. The zero-order chi connectivity index (χ0) is 22.8. The van der Waals surface area contributed by atoms with E-state index in [4.69, 9.17) is 4.74 Å². The van der Waals surface area contributed by atoms with Crippen LogP contribution in [0, 0.1) is 5.92 Å². The van der Waals surface area contributed by atoms with Gasteiger partial charge in [-0.15, -0.1) is 0 Å². The number of halogens is 1. The van der Waals surface area contributed by atoms with Crippen LogP contribution in [0.25, 0.3) is 11.4 Å². The van der Waals surface area contributed by atoms with Crippen molar-refractivity contribution in [2.75, 3.05) is 17.7 Å². The third-order valence-electron chi connectivity index (χ3n) is 5.16. The van der Waals surface area contributed by atoms with Gasteiger partial charge >= 0.3 is 0 Å². The summed E-state index contributed by atoms with van der Waals surface area (Å²) in [4.78, 5) is 33.1. The van der Waals surface area contributed by atoms with Crippen LogP contribution < -0.4 is 15.4 Å². The highest BCUT2D eigenvalue weighted by Crippen LogP contribution is 2.38. The summed E-state index contributed by atoms with van der Waals surface area (Å²) in [5.74, 6) is 0.0234. The molecule has 1 aliphatic rings. The molecule has 9 nitrogen and oxygen atoms in total. The molecule has 2 heterocycles. The number of nitrogens with one attached hydrogen (secondary N) is 2. The number of rotatable bonds is 8. The van der Waals surface area contributed by atoms with E-state index >= 15 is 0 Å². The van der Waals surface area contributed by atoms with Crippen molar-refractivity contribution >= 4 is 28.9 Å². The van der Waals surface area contributed by atoms with Crippen LogP contribution in [-0.2, 0) is 11.8 Å². The highest BCUT2D eigenvalue weighted by atomic mass is 19.1. The molecular weight excluding hydrogens is 415 g/mol. The second kappa shape index (κ2) is 8.74. The fourth-order valence-corrected chi connectivity index (χ4v) is 3.33. The van der Waals surface area contributed by atoms with Gasteiger partial charge in [0, 0.05) is 25.7 Å². The normalized spacial score (nSPS) is 17.0. The fourth-order valence-electron chi connectivity index (χ4n) is 3.33. The van der Waals surface area contributed by atoms with Gasteiger partial charge in [-0.3, -0.25) is 14.3 Å². The number of methoxy groups -OCH3 is 1. The van der Waals surface area contributed by atoms with Crippen molar-refractivity contribution in [3.8, 4) is 17.1 Å². The molecular formula is C22H23FN6O3. The molecule has 0 unspecified atom stereocenters. The molecule has 1 amide bonds. The molecule has 32 heavy (non-hydrogen) atoms. The Morgan fingerprint density at radius 2 is 2.06 bits per heavy atom. The first-order valence-corrected chi connectivity index (χ1v) is 10.2. The summed E-state index contributed by atoms with van der Waals surface area (Å²) in [6, 6.07) is 7.00. The Kier molecular flexibility index (Phi) is 5.85. The van der Waals surface area contributed by atoms with Crippen LogP contribution >= 0.6 is 0 Å². The summed E-state index contributed by atoms with van der Waals surface area (Å²) in [5.41, 5.74) is 2.06. The molecule has 1 fully saturated rings. The number of pyridine rings is 1. The van der Waals surface area contributed by atoms with Crippen LogP contribution in [0.4, 0.5) is 21.6 Å². The van der Waals surface area contributed by atoms with E-state index in [1.54, 1.807) is 37.1 Å². The van der Waals surface area contributed by atoms with Gasteiger partial charge in [0.25, 0.3) is 0 Å². The molecule has 1 aliphatic carbocycles. The number of carbonyl (C=O) groups is 2.